The van der Waals surface area contributed by atoms with Crippen molar-refractivity contribution in [3.63, 3.8) is 0 Å². The lowest BCUT2D eigenvalue weighted by Gasteiger charge is -2.37. The summed E-state index contributed by atoms with van der Waals surface area (Å²) in [6.07, 6.45) is 0.825. The number of nitrogens with one attached hydrogen (secondary N) is 1. The van der Waals surface area contributed by atoms with Crippen molar-refractivity contribution in [3.05, 3.63) is 68.5 Å². The van der Waals surface area contributed by atoms with Crippen LogP contribution in [0.1, 0.15) is 56.6 Å². The lowest BCUT2D eigenvalue weighted by atomic mass is 9.71. The highest BCUT2D eigenvalue weighted by Crippen LogP contribution is 2.48. The molecule has 0 aromatic heterocycles. The maximum atomic E-state index is 13.9. The zero-order valence-corrected chi connectivity index (χ0v) is 24.6. The minimum atomic E-state index is -0.689. The first kappa shape index (κ1) is 28.5. The van der Waals surface area contributed by atoms with E-state index in [0.717, 1.165) is 11.3 Å². The molecule has 2 aliphatic rings. The van der Waals surface area contributed by atoms with E-state index >= 15 is 0 Å². The van der Waals surface area contributed by atoms with E-state index in [0.29, 0.717) is 44.8 Å². The number of carbonyl (C=O) groups excluding carboxylic acids is 2. The predicted octanol–water partition coefficient (Wildman–Crippen LogP) is 5.74. The van der Waals surface area contributed by atoms with E-state index < -0.39 is 11.9 Å². The van der Waals surface area contributed by atoms with E-state index in [-0.39, 0.29) is 42.1 Å². The van der Waals surface area contributed by atoms with Crippen LogP contribution in [-0.2, 0) is 14.3 Å². The number of hydrogen-bond acceptors (Lipinski definition) is 8. The van der Waals surface area contributed by atoms with Gasteiger partial charge in [-0.3, -0.25) is 4.79 Å². The molecule has 2 atom stereocenters. The number of halogens is 1. The highest BCUT2D eigenvalue weighted by molar-refractivity contribution is 9.10. The first-order valence-electron chi connectivity index (χ1n) is 12.8. The quantitative estimate of drug-likeness (QED) is 0.370. The Bertz CT molecular complexity index is 1360. The number of ketones is 1. The Labute approximate surface area is 237 Å². The van der Waals surface area contributed by atoms with Crippen LogP contribution in [0.2, 0.25) is 0 Å². The van der Waals surface area contributed by atoms with Crippen molar-refractivity contribution in [1.29, 1.82) is 0 Å². The van der Waals surface area contributed by atoms with Gasteiger partial charge in [-0.1, -0.05) is 19.9 Å². The smallest absolute Gasteiger partial charge is 0.336 e. The lowest BCUT2D eigenvalue weighted by molar-refractivity contribution is -0.140. The number of ether oxygens (including phenoxy) is 4. The van der Waals surface area contributed by atoms with E-state index in [1.165, 1.54) is 7.11 Å². The molecule has 4 rings (SSSR count). The normalized spacial score (nSPS) is 19.0. The number of allylic oxidation sites excluding steroid dienone is 3. The van der Waals surface area contributed by atoms with Gasteiger partial charge in [0.25, 0.3) is 0 Å². The second-order valence-electron chi connectivity index (χ2n) is 10.2. The number of esters is 1. The van der Waals surface area contributed by atoms with Gasteiger partial charge in [-0.2, -0.15) is 0 Å². The van der Waals surface area contributed by atoms with Gasteiger partial charge in [0.2, 0.25) is 0 Å². The molecule has 1 aliphatic carbocycles. The van der Waals surface area contributed by atoms with E-state index in [9.17, 15) is 14.7 Å². The van der Waals surface area contributed by atoms with Crippen LogP contribution in [0.5, 0.6) is 23.0 Å². The molecular formula is C30H34BrNO7. The van der Waals surface area contributed by atoms with E-state index in [1.807, 2.05) is 39.0 Å². The fraction of sp³-hybridized carbons (Fsp3) is 0.400. The molecule has 0 bridgehead atoms. The third kappa shape index (κ3) is 5.64. The third-order valence-electron chi connectivity index (χ3n) is 7.08. The van der Waals surface area contributed by atoms with Gasteiger partial charge in [-0.15, -0.1) is 0 Å². The summed E-state index contributed by atoms with van der Waals surface area (Å²) in [5, 5.41) is 13.8. The maximum Gasteiger partial charge on any atom is 0.336 e. The molecule has 1 aliphatic heterocycles. The summed E-state index contributed by atoms with van der Waals surface area (Å²) in [5.74, 6) is 0.218. The maximum absolute atomic E-state index is 13.9. The molecule has 2 N–H and O–H groups in total. The van der Waals surface area contributed by atoms with Gasteiger partial charge < -0.3 is 29.4 Å². The molecule has 0 saturated heterocycles. The molecule has 1 heterocycles. The monoisotopic (exact) mass is 599 g/mol. The third-order valence-corrected chi connectivity index (χ3v) is 7.68. The molecule has 0 spiro atoms. The van der Waals surface area contributed by atoms with Crippen LogP contribution in [0.4, 0.5) is 0 Å². The van der Waals surface area contributed by atoms with Gasteiger partial charge in [0.05, 0.1) is 38.0 Å². The summed E-state index contributed by atoms with van der Waals surface area (Å²) >= 11 is 3.39. The Kier molecular flexibility index (Phi) is 8.59. The molecule has 0 saturated carbocycles. The lowest BCUT2D eigenvalue weighted by Crippen LogP contribution is -2.36. The van der Waals surface area contributed by atoms with E-state index in [2.05, 4.69) is 21.2 Å². The number of hydrogen-bond donors (Lipinski definition) is 2. The fourth-order valence-corrected chi connectivity index (χ4v) is 5.68. The summed E-state index contributed by atoms with van der Waals surface area (Å²) in [6, 6.07) is 9.08. The summed E-state index contributed by atoms with van der Waals surface area (Å²) < 4.78 is 22.3. The molecular weight excluding hydrogens is 566 g/mol. The Morgan fingerprint density at radius 1 is 1.03 bits per heavy atom. The van der Waals surface area contributed by atoms with Crippen molar-refractivity contribution in [1.82, 2.24) is 5.32 Å². The Morgan fingerprint density at radius 2 is 1.69 bits per heavy atom. The molecule has 2 aromatic carbocycles. The number of Topliss-reactive ketones (excluding diaryl/α,β-unsaturated/α-hetero) is 1. The number of benzene rings is 2. The standard InChI is InChI=1S/C30H34BrNO7/c1-15(2)14-39-30(35)26-16(3)32-21-10-18(17-7-8-23(36-4)24(12-17)37-5)11-22(33)28(21)27(26)19-9-20(31)29(34)25(13-19)38-6/h7-9,12-13,15,18,27,32,34H,10-11,14H2,1-6H3/t18-,27+/m1/s1. The van der Waals surface area contributed by atoms with Crippen molar-refractivity contribution in [2.75, 3.05) is 27.9 Å². The molecule has 0 amide bonds. The van der Waals surface area contributed by atoms with Crippen molar-refractivity contribution < 1.29 is 33.6 Å². The van der Waals surface area contributed by atoms with Crippen molar-refractivity contribution >= 4 is 27.7 Å². The zero-order valence-electron chi connectivity index (χ0n) is 23.0. The van der Waals surface area contributed by atoms with Gasteiger partial charge in [0.15, 0.2) is 28.8 Å². The Balaban J connectivity index is 1.81. The number of carbonyl (C=O) groups is 2. The molecule has 0 radical (unpaired) electrons. The fourth-order valence-electron chi connectivity index (χ4n) is 5.22. The summed E-state index contributed by atoms with van der Waals surface area (Å²) in [6.45, 7) is 6.01. The van der Waals surface area contributed by atoms with E-state index in [4.69, 9.17) is 18.9 Å². The second kappa shape index (κ2) is 11.7. The molecule has 0 unspecified atom stereocenters. The highest BCUT2D eigenvalue weighted by Gasteiger charge is 2.42. The minimum Gasteiger partial charge on any atom is -0.503 e. The van der Waals surface area contributed by atoms with Crippen molar-refractivity contribution in [2.45, 2.75) is 45.4 Å². The topological polar surface area (TPSA) is 103 Å². The number of phenols is 1. The summed E-state index contributed by atoms with van der Waals surface area (Å²) in [5.41, 5.74) is 3.87. The van der Waals surface area contributed by atoms with Crippen LogP contribution in [0, 0.1) is 5.92 Å². The van der Waals surface area contributed by atoms with E-state index in [1.54, 1.807) is 26.4 Å². The van der Waals surface area contributed by atoms with Crippen molar-refractivity contribution in [3.8, 4) is 23.0 Å². The number of rotatable bonds is 8. The average Bonchev–Trinajstić information content (AvgIpc) is 2.91. The zero-order chi connectivity index (χ0) is 28.4. The Morgan fingerprint density at radius 3 is 2.33 bits per heavy atom. The highest BCUT2D eigenvalue weighted by atomic mass is 79.9. The van der Waals surface area contributed by atoms with Crippen LogP contribution < -0.4 is 19.5 Å². The average molecular weight is 601 g/mol. The van der Waals surface area contributed by atoms with Gasteiger partial charge in [0.1, 0.15) is 0 Å². The number of aromatic hydroxyl groups is 1. The van der Waals surface area contributed by atoms with Gasteiger partial charge in [-0.05, 0) is 76.5 Å². The molecule has 0 fully saturated rings. The minimum absolute atomic E-state index is 0.0579. The first-order valence-corrected chi connectivity index (χ1v) is 13.6. The largest absolute Gasteiger partial charge is 0.503 e. The number of methoxy groups -OCH3 is 3. The van der Waals surface area contributed by atoms with Crippen LogP contribution in [0.15, 0.2) is 57.3 Å². The summed E-state index contributed by atoms with van der Waals surface area (Å²) in [7, 11) is 4.62. The van der Waals surface area contributed by atoms with Gasteiger partial charge in [0, 0.05) is 29.3 Å². The number of dihydropyridines is 1. The Hall–Kier alpha value is -3.46. The van der Waals surface area contributed by atoms with Crippen LogP contribution in [-0.4, -0.2) is 44.8 Å². The second-order valence-corrected chi connectivity index (χ2v) is 11.0. The molecule has 39 heavy (non-hydrogen) atoms. The predicted molar refractivity (Wildman–Crippen MR) is 150 cm³/mol. The van der Waals surface area contributed by atoms with Gasteiger partial charge >= 0.3 is 5.97 Å². The molecule has 208 valence electrons. The molecule has 2 aromatic rings. The molecule has 8 nitrogen and oxygen atoms in total. The summed E-state index contributed by atoms with van der Waals surface area (Å²) in [4.78, 5) is 27.3. The van der Waals surface area contributed by atoms with Crippen LogP contribution >= 0.6 is 15.9 Å². The van der Waals surface area contributed by atoms with Crippen LogP contribution in [0.25, 0.3) is 0 Å². The number of phenolic OH excluding ortho intramolecular Hbond substituents is 1. The first-order chi connectivity index (χ1) is 18.6. The van der Waals surface area contributed by atoms with Crippen LogP contribution in [0.3, 0.4) is 0 Å². The SMILES string of the molecule is COc1ccc([C@H]2CC(=O)C3=C(C2)NC(C)=C(C(=O)OCC(C)C)[C@@H]3c2cc(Br)c(O)c(OC)c2)cc1OC. The van der Waals surface area contributed by atoms with Crippen molar-refractivity contribution in [2.24, 2.45) is 5.92 Å². The molecule has 9 heteroatoms. The van der Waals surface area contributed by atoms with Gasteiger partial charge in [-0.25, -0.2) is 4.79 Å².